The van der Waals surface area contributed by atoms with E-state index in [9.17, 15) is 0 Å². The van der Waals surface area contributed by atoms with Gasteiger partial charge in [0.15, 0.2) is 0 Å². The van der Waals surface area contributed by atoms with Crippen molar-refractivity contribution in [2.45, 2.75) is 11.2 Å². The predicted molar refractivity (Wildman–Crippen MR) is 44.3 cm³/mol. The number of hydrogen-bond acceptors (Lipinski definition) is 2. The molecule has 1 rings (SSSR count). The van der Waals surface area contributed by atoms with E-state index >= 15 is 0 Å². The largest absolute Gasteiger partial charge is 0.248 e. The van der Waals surface area contributed by atoms with Gasteiger partial charge in [-0.2, -0.15) is 0 Å². The zero-order chi connectivity index (χ0) is 6.69. The monoisotopic (exact) mass is 225 g/mol. The highest BCUT2D eigenvalue weighted by Crippen LogP contribution is 2.16. The molecule has 1 aromatic rings. The molecular weight excluding hydrogens is 221 g/mol. The van der Waals surface area contributed by atoms with Gasteiger partial charge < -0.3 is 0 Å². The Balaban J connectivity index is 2.74. The SMILES string of the molecule is ClCc1ncc(CBr)s1. The Morgan fingerprint density at radius 3 is 2.89 bits per heavy atom. The number of aromatic nitrogens is 1. The summed E-state index contributed by atoms with van der Waals surface area (Å²) in [6, 6.07) is 0. The van der Waals surface area contributed by atoms with Crippen LogP contribution in [0, 0.1) is 0 Å². The van der Waals surface area contributed by atoms with Crippen LogP contribution in [-0.2, 0) is 11.2 Å². The average Bonchev–Trinajstić information content (AvgIpc) is 2.34. The van der Waals surface area contributed by atoms with Crippen LogP contribution in [0.1, 0.15) is 9.88 Å². The first kappa shape index (κ1) is 7.51. The van der Waals surface area contributed by atoms with E-state index in [2.05, 4.69) is 20.9 Å². The fourth-order valence-electron chi connectivity index (χ4n) is 0.472. The third-order valence-electron chi connectivity index (χ3n) is 0.847. The van der Waals surface area contributed by atoms with Crippen LogP contribution in [0.5, 0.6) is 0 Å². The van der Waals surface area contributed by atoms with Crippen molar-refractivity contribution >= 4 is 38.9 Å². The number of thiazole rings is 1. The molecule has 4 heteroatoms. The molecule has 0 fully saturated rings. The first-order chi connectivity index (χ1) is 4.36. The first-order valence-corrected chi connectivity index (χ1v) is 4.89. The van der Waals surface area contributed by atoms with Crippen LogP contribution < -0.4 is 0 Å². The minimum atomic E-state index is 0.525. The molecule has 0 saturated carbocycles. The van der Waals surface area contributed by atoms with Crippen LogP contribution in [-0.4, -0.2) is 4.98 Å². The van der Waals surface area contributed by atoms with E-state index in [1.807, 2.05) is 6.20 Å². The molecule has 1 heterocycles. The quantitative estimate of drug-likeness (QED) is 0.707. The van der Waals surface area contributed by atoms with Gasteiger partial charge in [0.25, 0.3) is 0 Å². The molecule has 0 saturated heterocycles. The van der Waals surface area contributed by atoms with Crippen molar-refractivity contribution in [3.63, 3.8) is 0 Å². The molecule has 1 nitrogen and oxygen atoms in total. The summed E-state index contributed by atoms with van der Waals surface area (Å²) in [6.45, 7) is 0. The Hall–Kier alpha value is 0.400. The molecule has 0 aliphatic heterocycles. The van der Waals surface area contributed by atoms with Crippen molar-refractivity contribution in [3.8, 4) is 0 Å². The van der Waals surface area contributed by atoms with Gasteiger partial charge in [-0.25, -0.2) is 4.98 Å². The molecule has 0 N–H and O–H groups in total. The van der Waals surface area contributed by atoms with Gasteiger partial charge >= 0.3 is 0 Å². The van der Waals surface area contributed by atoms with E-state index in [4.69, 9.17) is 11.6 Å². The van der Waals surface area contributed by atoms with Crippen molar-refractivity contribution in [2.75, 3.05) is 0 Å². The molecule has 0 aliphatic rings. The van der Waals surface area contributed by atoms with Crippen LogP contribution in [0.4, 0.5) is 0 Å². The minimum Gasteiger partial charge on any atom is -0.248 e. The van der Waals surface area contributed by atoms with Crippen LogP contribution in [0.2, 0.25) is 0 Å². The van der Waals surface area contributed by atoms with Crippen LogP contribution in [0.15, 0.2) is 6.20 Å². The smallest absolute Gasteiger partial charge is 0.108 e. The number of rotatable bonds is 2. The summed E-state index contributed by atoms with van der Waals surface area (Å²) in [6.07, 6.45) is 1.84. The molecule has 0 aliphatic carbocycles. The Labute approximate surface area is 71.2 Å². The summed E-state index contributed by atoms with van der Waals surface area (Å²) in [5.74, 6) is 0.525. The summed E-state index contributed by atoms with van der Waals surface area (Å²) in [7, 11) is 0. The molecule has 1 aromatic heterocycles. The molecular formula is C5H5BrClNS. The van der Waals surface area contributed by atoms with Crippen LogP contribution in [0.25, 0.3) is 0 Å². The topological polar surface area (TPSA) is 12.9 Å². The molecule has 0 atom stereocenters. The van der Waals surface area contributed by atoms with Gasteiger partial charge in [0.05, 0.1) is 5.88 Å². The van der Waals surface area contributed by atoms with Crippen molar-refractivity contribution < 1.29 is 0 Å². The second kappa shape index (κ2) is 3.54. The Bertz CT molecular complexity index is 170. The molecule has 0 spiro atoms. The van der Waals surface area contributed by atoms with E-state index in [1.54, 1.807) is 11.3 Å². The lowest BCUT2D eigenvalue weighted by Gasteiger charge is -1.79. The molecule has 0 amide bonds. The van der Waals surface area contributed by atoms with Crippen molar-refractivity contribution in [2.24, 2.45) is 0 Å². The van der Waals surface area contributed by atoms with Gasteiger partial charge in [-0.3, -0.25) is 0 Å². The van der Waals surface area contributed by atoms with Crippen LogP contribution >= 0.6 is 38.9 Å². The number of alkyl halides is 2. The van der Waals surface area contributed by atoms with E-state index in [0.29, 0.717) is 5.88 Å². The molecule has 9 heavy (non-hydrogen) atoms. The van der Waals surface area contributed by atoms with E-state index < -0.39 is 0 Å². The van der Waals surface area contributed by atoms with E-state index in [1.165, 1.54) is 4.88 Å². The van der Waals surface area contributed by atoms with Gasteiger partial charge in [0, 0.05) is 16.4 Å². The van der Waals surface area contributed by atoms with Crippen molar-refractivity contribution in [1.82, 2.24) is 4.98 Å². The predicted octanol–water partition coefficient (Wildman–Crippen LogP) is 2.78. The Morgan fingerprint density at radius 2 is 2.56 bits per heavy atom. The average molecular weight is 227 g/mol. The highest BCUT2D eigenvalue weighted by atomic mass is 79.9. The zero-order valence-corrected chi connectivity index (χ0v) is 7.76. The summed E-state index contributed by atoms with van der Waals surface area (Å²) >= 11 is 10.5. The normalized spacial score (nSPS) is 10.0. The van der Waals surface area contributed by atoms with Crippen molar-refractivity contribution in [1.29, 1.82) is 0 Å². The number of halogens is 2. The third-order valence-corrected chi connectivity index (χ3v) is 3.23. The number of hydrogen-bond donors (Lipinski definition) is 0. The number of nitrogens with zero attached hydrogens (tertiary/aromatic N) is 1. The first-order valence-electron chi connectivity index (χ1n) is 2.42. The second-order valence-electron chi connectivity index (χ2n) is 1.49. The highest BCUT2D eigenvalue weighted by molar-refractivity contribution is 9.08. The Kier molecular flexibility index (Phi) is 2.95. The third kappa shape index (κ3) is 1.92. The molecule has 0 radical (unpaired) electrons. The zero-order valence-electron chi connectivity index (χ0n) is 4.60. The van der Waals surface area contributed by atoms with Gasteiger partial charge in [-0.15, -0.1) is 22.9 Å². The molecule has 50 valence electrons. The van der Waals surface area contributed by atoms with Gasteiger partial charge in [0.1, 0.15) is 5.01 Å². The molecule has 0 aromatic carbocycles. The molecule has 0 bridgehead atoms. The highest BCUT2D eigenvalue weighted by Gasteiger charge is 1.96. The summed E-state index contributed by atoms with van der Waals surface area (Å²) in [5.41, 5.74) is 0. The Morgan fingerprint density at radius 1 is 1.78 bits per heavy atom. The second-order valence-corrected chi connectivity index (χ2v) is 3.52. The lowest BCUT2D eigenvalue weighted by Crippen LogP contribution is -1.67. The van der Waals surface area contributed by atoms with E-state index in [-0.39, 0.29) is 0 Å². The van der Waals surface area contributed by atoms with Gasteiger partial charge in [-0.05, 0) is 0 Å². The summed E-state index contributed by atoms with van der Waals surface area (Å²) in [4.78, 5) is 5.29. The lowest BCUT2D eigenvalue weighted by atomic mass is 10.6. The standard InChI is InChI=1S/C5H5BrClNS/c6-1-4-3-8-5(2-7)9-4/h3H,1-2H2. The van der Waals surface area contributed by atoms with Gasteiger partial charge in [-0.1, -0.05) is 15.9 Å². The van der Waals surface area contributed by atoms with Gasteiger partial charge in [0.2, 0.25) is 0 Å². The fraction of sp³-hybridized carbons (Fsp3) is 0.400. The summed E-state index contributed by atoms with van der Waals surface area (Å²) < 4.78 is 0. The molecule has 0 unspecified atom stereocenters. The lowest BCUT2D eigenvalue weighted by molar-refractivity contribution is 1.25. The van der Waals surface area contributed by atoms with Crippen LogP contribution in [0.3, 0.4) is 0 Å². The maximum atomic E-state index is 5.53. The maximum absolute atomic E-state index is 5.53. The fourth-order valence-corrected chi connectivity index (χ4v) is 1.81. The van der Waals surface area contributed by atoms with Crippen molar-refractivity contribution in [3.05, 3.63) is 16.1 Å². The maximum Gasteiger partial charge on any atom is 0.108 e. The summed E-state index contributed by atoms with van der Waals surface area (Å²) in [5, 5.41) is 1.87. The van der Waals surface area contributed by atoms with E-state index in [0.717, 1.165) is 10.3 Å². The minimum absolute atomic E-state index is 0.525.